The molecule has 1 aliphatic heterocycles. The molecule has 9 heteroatoms. The molecule has 0 bridgehead atoms. The number of carbonyl (C=O) groups excluding carboxylic acids is 1. The van der Waals surface area contributed by atoms with Gasteiger partial charge in [0.15, 0.2) is 17.5 Å². The summed E-state index contributed by atoms with van der Waals surface area (Å²) in [6.07, 6.45) is 1.87. The van der Waals surface area contributed by atoms with Crippen LogP contribution < -0.4 is 10.6 Å². The summed E-state index contributed by atoms with van der Waals surface area (Å²) in [6, 6.07) is 3.41. The van der Waals surface area contributed by atoms with Gasteiger partial charge < -0.3 is 5.32 Å². The average Bonchev–Trinajstić information content (AvgIpc) is 2.93. The minimum Gasteiger partial charge on any atom is -0.317 e. The van der Waals surface area contributed by atoms with Crippen LogP contribution in [-0.2, 0) is 18.3 Å². The smallest absolute Gasteiger partial charge is 0.231 e. The van der Waals surface area contributed by atoms with Gasteiger partial charge in [0.05, 0.1) is 6.42 Å². The summed E-state index contributed by atoms with van der Waals surface area (Å²) in [5, 5.41) is 10.3. The maximum atomic E-state index is 13.2. The van der Waals surface area contributed by atoms with Crippen LogP contribution in [0.15, 0.2) is 18.2 Å². The second-order valence-electron chi connectivity index (χ2n) is 5.91. The third-order valence-electron chi connectivity index (χ3n) is 4.08. The van der Waals surface area contributed by atoms with Crippen LogP contribution >= 0.6 is 12.4 Å². The Morgan fingerprint density at radius 1 is 1.32 bits per heavy atom. The van der Waals surface area contributed by atoms with Crippen molar-refractivity contribution in [1.29, 1.82) is 0 Å². The lowest BCUT2D eigenvalue weighted by Gasteiger charge is -2.19. The summed E-state index contributed by atoms with van der Waals surface area (Å²) in [4.78, 5) is 16.5. The first-order chi connectivity index (χ1) is 11.5. The number of nitrogens with one attached hydrogen (secondary N) is 2. The monoisotopic (exact) mass is 371 g/mol. The second-order valence-corrected chi connectivity index (χ2v) is 5.91. The van der Waals surface area contributed by atoms with Gasteiger partial charge in [0, 0.05) is 13.0 Å². The third kappa shape index (κ3) is 4.73. The van der Waals surface area contributed by atoms with E-state index in [1.165, 1.54) is 10.7 Å². The third-order valence-corrected chi connectivity index (χ3v) is 4.08. The minimum atomic E-state index is -0.966. The molecule has 0 aliphatic carbocycles. The van der Waals surface area contributed by atoms with Crippen LogP contribution in [-0.4, -0.2) is 33.8 Å². The molecule has 0 unspecified atom stereocenters. The van der Waals surface area contributed by atoms with Gasteiger partial charge in [-0.1, -0.05) is 6.07 Å². The number of hydrogen-bond acceptors (Lipinski definition) is 4. The Kier molecular flexibility index (Phi) is 6.44. The molecule has 0 radical (unpaired) electrons. The van der Waals surface area contributed by atoms with Crippen molar-refractivity contribution in [2.24, 2.45) is 7.05 Å². The van der Waals surface area contributed by atoms with Gasteiger partial charge in [-0.05, 0) is 43.6 Å². The molecule has 3 rings (SSSR count). The molecule has 1 saturated heterocycles. The Morgan fingerprint density at radius 3 is 2.72 bits per heavy atom. The minimum absolute atomic E-state index is 0. The molecular weight excluding hydrogens is 352 g/mol. The SMILES string of the molecule is Cl.Cn1nc(C2CCNCC2)nc1NC(=O)Cc1ccc(F)c(F)c1. The zero-order valence-corrected chi connectivity index (χ0v) is 14.6. The topological polar surface area (TPSA) is 71.8 Å². The molecule has 136 valence electrons. The first-order valence-electron chi connectivity index (χ1n) is 7.88. The molecule has 2 heterocycles. The number of amides is 1. The van der Waals surface area contributed by atoms with E-state index in [4.69, 9.17) is 0 Å². The van der Waals surface area contributed by atoms with E-state index in [1.54, 1.807) is 7.05 Å². The molecule has 0 saturated carbocycles. The molecule has 1 aromatic carbocycles. The average molecular weight is 372 g/mol. The Labute approximate surface area is 150 Å². The molecule has 2 aromatic rings. The fraction of sp³-hybridized carbons (Fsp3) is 0.438. The molecule has 25 heavy (non-hydrogen) atoms. The number of rotatable bonds is 4. The zero-order valence-electron chi connectivity index (χ0n) is 13.8. The first-order valence-corrected chi connectivity index (χ1v) is 7.88. The van der Waals surface area contributed by atoms with E-state index in [2.05, 4.69) is 20.7 Å². The molecule has 6 nitrogen and oxygen atoms in total. The van der Waals surface area contributed by atoms with Crippen molar-refractivity contribution < 1.29 is 13.6 Å². The number of hydrogen-bond donors (Lipinski definition) is 2. The van der Waals surface area contributed by atoms with Gasteiger partial charge in [-0.25, -0.2) is 13.5 Å². The fourth-order valence-electron chi connectivity index (χ4n) is 2.77. The highest BCUT2D eigenvalue weighted by Crippen LogP contribution is 2.23. The lowest BCUT2D eigenvalue weighted by atomic mass is 9.98. The van der Waals surface area contributed by atoms with E-state index in [0.29, 0.717) is 11.5 Å². The largest absolute Gasteiger partial charge is 0.317 e. The van der Waals surface area contributed by atoms with E-state index in [-0.39, 0.29) is 30.7 Å². The van der Waals surface area contributed by atoms with E-state index in [9.17, 15) is 13.6 Å². The van der Waals surface area contributed by atoms with Gasteiger partial charge in [-0.3, -0.25) is 10.1 Å². The van der Waals surface area contributed by atoms with Crippen LogP contribution in [0.4, 0.5) is 14.7 Å². The fourth-order valence-corrected chi connectivity index (χ4v) is 2.77. The maximum Gasteiger partial charge on any atom is 0.231 e. The van der Waals surface area contributed by atoms with Crippen molar-refractivity contribution >= 4 is 24.3 Å². The summed E-state index contributed by atoms with van der Waals surface area (Å²) in [6.45, 7) is 1.86. The van der Waals surface area contributed by atoms with Gasteiger partial charge in [0.1, 0.15) is 0 Å². The molecule has 0 spiro atoms. The van der Waals surface area contributed by atoms with Gasteiger partial charge in [0.25, 0.3) is 0 Å². The highest BCUT2D eigenvalue weighted by molar-refractivity contribution is 5.90. The molecular formula is C16H20ClF2N5O. The van der Waals surface area contributed by atoms with Gasteiger partial charge in [-0.2, -0.15) is 10.1 Å². The Hall–Kier alpha value is -2.06. The molecule has 1 aliphatic rings. The number of anilines is 1. The normalized spacial score (nSPS) is 14.8. The lowest BCUT2D eigenvalue weighted by Crippen LogP contribution is -2.27. The van der Waals surface area contributed by atoms with Crippen LogP contribution in [0.25, 0.3) is 0 Å². The van der Waals surface area contributed by atoms with Crippen molar-refractivity contribution in [3.63, 3.8) is 0 Å². The van der Waals surface area contributed by atoms with Crippen molar-refractivity contribution in [3.05, 3.63) is 41.2 Å². The Balaban J connectivity index is 0.00000225. The van der Waals surface area contributed by atoms with Crippen LogP contribution in [0.2, 0.25) is 0 Å². The number of carbonyl (C=O) groups is 1. The van der Waals surface area contributed by atoms with Crippen molar-refractivity contribution in [2.45, 2.75) is 25.2 Å². The highest BCUT2D eigenvalue weighted by atomic mass is 35.5. The van der Waals surface area contributed by atoms with Crippen molar-refractivity contribution in [2.75, 3.05) is 18.4 Å². The van der Waals surface area contributed by atoms with Gasteiger partial charge in [0.2, 0.25) is 11.9 Å². The summed E-state index contributed by atoms with van der Waals surface area (Å²) in [7, 11) is 1.71. The maximum absolute atomic E-state index is 13.2. The summed E-state index contributed by atoms with van der Waals surface area (Å²) < 4.78 is 27.6. The number of piperidine rings is 1. The molecule has 0 atom stereocenters. The predicted molar refractivity (Wildman–Crippen MR) is 91.8 cm³/mol. The first kappa shape index (κ1) is 19.3. The van der Waals surface area contributed by atoms with Crippen LogP contribution in [0.5, 0.6) is 0 Å². The van der Waals surface area contributed by atoms with E-state index in [1.807, 2.05) is 0 Å². The quantitative estimate of drug-likeness (QED) is 0.864. The molecule has 1 fully saturated rings. The van der Waals surface area contributed by atoms with Crippen LogP contribution in [0, 0.1) is 11.6 Å². The Bertz CT molecular complexity index is 746. The highest BCUT2D eigenvalue weighted by Gasteiger charge is 2.21. The number of benzene rings is 1. The number of halogens is 3. The van der Waals surface area contributed by atoms with Crippen LogP contribution in [0.3, 0.4) is 0 Å². The Morgan fingerprint density at radius 2 is 2.04 bits per heavy atom. The number of aryl methyl sites for hydroxylation is 1. The van der Waals surface area contributed by atoms with Gasteiger partial charge >= 0.3 is 0 Å². The standard InChI is InChI=1S/C16H19F2N5O.ClH/c1-23-16(21-15(22-23)11-4-6-19-7-5-11)20-14(24)9-10-2-3-12(17)13(18)8-10;/h2-3,8,11,19H,4-7,9H2,1H3,(H,20,21,22,24);1H. The van der Waals surface area contributed by atoms with Crippen molar-refractivity contribution in [3.8, 4) is 0 Å². The molecule has 1 amide bonds. The molecule has 1 aromatic heterocycles. The zero-order chi connectivity index (χ0) is 17.1. The van der Waals surface area contributed by atoms with E-state index < -0.39 is 11.6 Å². The number of nitrogens with zero attached hydrogens (tertiary/aromatic N) is 3. The van der Waals surface area contributed by atoms with E-state index in [0.717, 1.165) is 43.9 Å². The van der Waals surface area contributed by atoms with Crippen molar-refractivity contribution in [1.82, 2.24) is 20.1 Å². The van der Waals surface area contributed by atoms with E-state index >= 15 is 0 Å². The second kappa shape index (κ2) is 8.35. The number of aromatic nitrogens is 3. The van der Waals surface area contributed by atoms with Gasteiger partial charge in [-0.15, -0.1) is 12.4 Å². The summed E-state index contributed by atoms with van der Waals surface area (Å²) in [5.74, 6) is -0.882. The summed E-state index contributed by atoms with van der Waals surface area (Å²) >= 11 is 0. The molecule has 2 N–H and O–H groups in total. The lowest BCUT2D eigenvalue weighted by molar-refractivity contribution is -0.115. The summed E-state index contributed by atoms with van der Waals surface area (Å²) in [5.41, 5.74) is 0.396. The predicted octanol–water partition coefficient (Wildman–Crippen LogP) is 2.16. The van der Waals surface area contributed by atoms with Crippen LogP contribution in [0.1, 0.15) is 30.1 Å².